The number of nitrogens with one attached hydrogen (secondary N) is 1. The number of fused-ring (bicyclic) bond motifs is 5. The number of rotatable bonds is 7. The number of aldehydes is 1. The fraction of sp³-hybridized carbons (Fsp3) is 0.294. The third-order valence-corrected chi connectivity index (χ3v) is 8.42. The normalized spacial score (nSPS) is 18.0. The van der Waals surface area contributed by atoms with Crippen molar-refractivity contribution in [3.8, 4) is 0 Å². The molecular weight excluding hydrogens is 560 g/mol. The molecule has 226 valence electrons. The molecule has 10 heteroatoms. The van der Waals surface area contributed by atoms with Crippen LogP contribution in [0.15, 0.2) is 77.7 Å². The second-order valence-corrected chi connectivity index (χ2v) is 10.9. The first kappa shape index (κ1) is 30.3. The fourth-order valence-electron chi connectivity index (χ4n) is 5.68. The number of esters is 2. The molecule has 1 aromatic heterocycles. The zero-order chi connectivity index (χ0) is 31.7. The third kappa shape index (κ3) is 5.50. The number of hydrogen-bond acceptors (Lipinski definition) is 9. The maximum absolute atomic E-state index is 12.2. The van der Waals surface area contributed by atoms with Crippen LogP contribution in [0.4, 0.5) is 0 Å². The van der Waals surface area contributed by atoms with Gasteiger partial charge in [0.25, 0.3) is 0 Å². The number of aromatic amines is 1. The molecule has 0 fully saturated rings. The Morgan fingerprint density at radius 2 is 1.36 bits per heavy atom. The van der Waals surface area contributed by atoms with Crippen molar-refractivity contribution < 1.29 is 29.0 Å². The summed E-state index contributed by atoms with van der Waals surface area (Å²) in [4.78, 5) is 54.5. The van der Waals surface area contributed by atoms with Crippen molar-refractivity contribution in [1.82, 2.24) is 4.98 Å². The van der Waals surface area contributed by atoms with E-state index in [-0.39, 0.29) is 24.8 Å². The van der Waals surface area contributed by atoms with E-state index in [4.69, 9.17) is 24.5 Å². The molecule has 0 unspecified atom stereocenters. The Balaban J connectivity index is 1.79. The second kappa shape index (κ2) is 12.2. The van der Waals surface area contributed by atoms with Gasteiger partial charge in [-0.2, -0.15) is 0 Å². The number of ether oxygens (including phenoxy) is 2. The quantitative estimate of drug-likeness (QED) is 0.362. The van der Waals surface area contributed by atoms with Gasteiger partial charge in [0.1, 0.15) is 0 Å². The number of allylic oxidation sites excluding steroid dienone is 8. The molecule has 4 aliphatic heterocycles. The Labute approximate surface area is 254 Å². The average molecular weight is 595 g/mol. The summed E-state index contributed by atoms with van der Waals surface area (Å²) in [5, 5.41) is 11.4. The molecule has 4 aliphatic rings. The molecule has 2 N–H and O–H groups in total. The summed E-state index contributed by atoms with van der Waals surface area (Å²) in [5.74, 6) is -0.665. The van der Waals surface area contributed by atoms with E-state index >= 15 is 0 Å². The first-order valence-electron chi connectivity index (χ1n) is 14.3. The molecule has 0 saturated heterocycles. The molecule has 0 aliphatic carbocycles. The van der Waals surface area contributed by atoms with E-state index < -0.39 is 0 Å². The summed E-state index contributed by atoms with van der Waals surface area (Å²) in [6, 6.07) is 0. The van der Waals surface area contributed by atoms with Crippen molar-refractivity contribution in [3.05, 3.63) is 84.5 Å². The Morgan fingerprint density at radius 3 is 2.00 bits per heavy atom. The molecule has 0 aromatic carbocycles. The van der Waals surface area contributed by atoms with Crippen molar-refractivity contribution in [2.75, 3.05) is 14.2 Å². The molecule has 0 saturated carbocycles. The van der Waals surface area contributed by atoms with E-state index in [2.05, 4.69) is 4.98 Å². The van der Waals surface area contributed by atoms with Crippen LogP contribution in [0, 0.1) is 6.92 Å². The summed E-state index contributed by atoms with van der Waals surface area (Å²) in [6.07, 6.45) is 10.3. The topological polar surface area (TPSA) is 143 Å². The molecule has 0 spiro atoms. The smallest absolute Gasteiger partial charge is 0.305 e. The predicted molar refractivity (Wildman–Crippen MR) is 169 cm³/mol. The van der Waals surface area contributed by atoms with Crippen molar-refractivity contribution in [1.29, 1.82) is 0 Å². The van der Waals surface area contributed by atoms with Crippen molar-refractivity contribution in [2.24, 2.45) is 15.0 Å². The number of methoxy groups -OCH3 is 2. The van der Waals surface area contributed by atoms with Crippen LogP contribution in [0.1, 0.15) is 57.7 Å². The lowest BCUT2D eigenvalue weighted by Gasteiger charge is -2.08. The summed E-state index contributed by atoms with van der Waals surface area (Å²) < 4.78 is 9.79. The van der Waals surface area contributed by atoms with Gasteiger partial charge < -0.3 is 19.6 Å². The highest BCUT2D eigenvalue weighted by Crippen LogP contribution is 2.35. The van der Waals surface area contributed by atoms with Crippen LogP contribution >= 0.6 is 0 Å². The van der Waals surface area contributed by atoms with Crippen LogP contribution in [0.3, 0.4) is 0 Å². The van der Waals surface area contributed by atoms with E-state index in [1.807, 2.05) is 45.9 Å². The number of nitrogens with zero attached hydrogens (tertiary/aromatic N) is 3. The van der Waals surface area contributed by atoms with Gasteiger partial charge in [0.15, 0.2) is 6.29 Å². The lowest BCUT2D eigenvalue weighted by atomic mass is 9.96. The Hall–Kier alpha value is -5.12. The Kier molecular flexibility index (Phi) is 8.44. The van der Waals surface area contributed by atoms with Crippen LogP contribution in [0.25, 0.3) is 18.4 Å². The summed E-state index contributed by atoms with van der Waals surface area (Å²) in [6.45, 7) is 7.61. The van der Waals surface area contributed by atoms with Crippen LogP contribution in [0.5, 0.6) is 0 Å². The molecule has 44 heavy (non-hydrogen) atoms. The highest BCUT2D eigenvalue weighted by Gasteiger charge is 2.27. The number of aliphatic hydroxyl groups is 1. The SMILES string of the molecule is COC(=O)CCC1=C(C)C2=NC1=CC1=NC(=CC3=NC(=Cc4[nH]c(c(=CO)c4C)=C2)C(C=O)=C3C)C(C)=C1CCC(=O)OC. The molecule has 8 bridgehead atoms. The van der Waals surface area contributed by atoms with Gasteiger partial charge in [-0.3, -0.25) is 14.4 Å². The standard InChI is InChI=1S/C34H34N4O6/c1-17-21(7-9-33(41)43-5)29-14-30-22(8-10-34(42)44-6)18(2)27(36-30)12-31-24(16-40)20(4)28(38-31)13-32-23(15-39)19(3)26(37-32)11-25(17)35-29/h11-16,38,40H,7-10H2,1-6H3. The lowest BCUT2D eigenvalue weighted by molar-refractivity contribution is -0.141. The summed E-state index contributed by atoms with van der Waals surface area (Å²) in [7, 11) is 2.72. The molecule has 10 nitrogen and oxygen atoms in total. The number of H-pyrrole nitrogens is 1. The number of aliphatic imine (C=N–C) groups is 3. The first-order valence-corrected chi connectivity index (χ1v) is 14.3. The van der Waals surface area contributed by atoms with Crippen molar-refractivity contribution in [3.63, 3.8) is 0 Å². The third-order valence-electron chi connectivity index (χ3n) is 8.42. The number of aliphatic hydroxyl groups excluding tert-OH is 1. The largest absolute Gasteiger partial charge is 0.515 e. The minimum Gasteiger partial charge on any atom is -0.515 e. The molecule has 0 amide bonds. The molecule has 5 rings (SSSR count). The predicted octanol–water partition coefficient (Wildman–Crippen LogP) is 3.94. The summed E-state index contributed by atoms with van der Waals surface area (Å²) >= 11 is 0. The van der Waals surface area contributed by atoms with Crippen molar-refractivity contribution in [2.45, 2.75) is 53.4 Å². The zero-order valence-electron chi connectivity index (χ0n) is 25.6. The average Bonchev–Trinajstić information content (AvgIpc) is 3.67. The maximum Gasteiger partial charge on any atom is 0.305 e. The van der Waals surface area contributed by atoms with Gasteiger partial charge in [0.05, 0.1) is 60.1 Å². The van der Waals surface area contributed by atoms with Crippen LogP contribution in [-0.2, 0) is 23.9 Å². The zero-order valence-corrected chi connectivity index (χ0v) is 25.6. The van der Waals surface area contributed by atoms with Gasteiger partial charge in [-0.15, -0.1) is 0 Å². The van der Waals surface area contributed by atoms with Gasteiger partial charge in [-0.25, -0.2) is 15.0 Å². The fourth-order valence-corrected chi connectivity index (χ4v) is 5.68. The van der Waals surface area contributed by atoms with Gasteiger partial charge in [-0.1, -0.05) is 0 Å². The summed E-state index contributed by atoms with van der Waals surface area (Å²) in [5.41, 5.74) is 9.83. The second-order valence-electron chi connectivity index (χ2n) is 10.9. The molecule has 5 heterocycles. The van der Waals surface area contributed by atoms with Crippen molar-refractivity contribution >= 4 is 53.8 Å². The number of carbonyl (C=O) groups is 3. The highest BCUT2D eigenvalue weighted by molar-refractivity contribution is 6.24. The Morgan fingerprint density at radius 1 is 0.773 bits per heavy atom. The van der Waals surface area contributed by atoms with E-state index in [1.54, 1.807) is 6.08 Å². The molecule has 0 radical (unpaired) electrons. The minimum atomic E-state index is -0.334. The van der Waals surface area contributed by atoms with Crippen LogP contribution < -0.4 is 10.6 Å². The van der Waals surface area contributed by atoms with Gasteiger partial charge in [0.2, 0.25) is 0 Å². The number of aromatic nitrogens is 1. The van der Waals surface area contributed by atoms with Gasteiger partial charge >= 0.3 is 11.9 Å². The Bertz CT molecular complexity index is 1920. The van der Waals surface area contributed by atoms with E-state index in [0.29, 0.717) is 74.5 Å². The maximum atomic E-state index is 12.2. The number of hydrogen-bond donors (Lipinski definition) is 2. The van der Waals surface area contributed by atoms with Gasteiger partial charge in [0, 0.05) is 29.3 Å². The van der Waals surface area contributed by atoms with Gasteiger partial charge in [-0.05, 0) is 98.3 Å². The lowest BCUT2D eigenvalue weighted by Crippen LogP contribution is -2.25. The van der Waals surface area contributed by atoms with E-state index in [0.717, 1.165) is 40.4 Å². The van der Waals surface area contributed by atoms with Crippen LogP contribution in [0.2, 0.25) is 0 Å². The minimum absolute atomic E-state index is 0.168. The molecular formula is C34H34N4O6. The number of carbonyl (C=O) groups excluding carboxylic acids is 3. The first-order chi connectivity index (χ1) is 21.1. The molecule has 1 aromatic rings. The molecule has 0 atom stereocenters. The van der Waals surface area contributed by atoms with Crippen LogP contribution in [-0.4, -0.2) is 59.7 Å². The van der Waals surface area contributed by atoms with E-state index in [1.165, 1.54) is 14.2 Å². The monoisotopic (exact) mass is 594 g/mol. The highest BCUT2D eigenvalue weighted by atomic mass is 16.5. The van der Waals surface area contributed by atoms with E-state index in [9.17, 15) is 19.5 Å².